The van der Waals surface area contributed by atoms with Crippen molar-refractivity contribution in [2.75, 3.05) is 12.9 Å². The van der Waals surface area contributed by atoms with Gasteiger partial charge < -0.3 is 4.74 Å². The van der Waals surface area contributed by atoms with Gasteiger partial charge in [0.05, 0.1) is 12.9 Å². The summed E-state index contributed by atoms with van der Waals surface area (Å²) in [6, 6.07) is 0. The van der Waals surface area contributed by atoms with Crippen LogP contribution in [-0.4, -0.2) is 32.8 Å². The highest BCUT2D eigenvalue weighted by molar-refractivity contribution is 7.88. The molecular formula is C7H15NO4S. The second-order valence-corrected chi connectivity index (χ2v) is 4.97. The zero-order valence-corrected chi connectivity index (χ0v) is 9.06. The predicted molar refractivity (Wildman–Crippen MR) is 48.7 cm³/mol. The molecule has 0 radical (unpaired) electrons. The summed E-state index contributed by atoms with van der Waals surface area (Å²) < 4.78 is 28.5. The fraction of sp³-hybridized carbons (Fsp3) is 0.857. The van der Waals surface area contributed by atoms with E-state index < -0.39 is 21.5 Å². The van der Waals surface area contributed by atoms with Gasteiger partial charge in [-0.2, -0.15) is 4.72 Å². The molecule has 0 aliphatic carbocycles. The summed E-state index contributed by atoms with van der Waals surface area (Å²) in [4.78, 5) is 11.2. The van der Waals surface area contributed by atoms with Gasteiger partial charge in [-0.15, -0.1) is 0 Å². The van der Waals surface area contributed by atoms with Crippen LogP contribution in [-0.2, 0) is 19.6 Å². The molecule has 0 saturated heterocycles. The van der Waals surface area contributed by atoms with Crippen LogP contribution < -0.4 is 4.72 Å². The van der Waals surface area contributed by atoms with Crippen molar-refractivity contribution < 1.29 is 17.9 Å². The zero-order chi connectivity index (χ0) is 10.7. The van der Waals surface area contributed by atoms with Gasteiger partial charge in [-0.1, -0.05) is 0 Å². The molecule has 0 spiro atoms. The van der Waals surface area contributed by atoms with Gasteiger partial charge in [0.25, 0.3) is 0 Å². The number of rotatable bonds is 4. The van der Waals surface area contributed by atoms with E-state index in [2.05, 4.69) is 9.46 Å². The summed E-state index contributed by atoms with van der Waals surface area (Å²) >= 11 is 0. The fourth-order valence-electron chi connectivity index (χ4n) is 0.817. The van der Waals surface area contributed by atoms with Crippen molar-refractivity contribution in [3.63, 3.8) is 0 Å². The Labute approximate surface area is 78.5 Å². The van der Waals surface area contributed by atoms with Crippen molar-refractivity contribution in [2.24, 2.45) is 0 Å². The standard InChI is InChI=1S/C7H15NO4S/c1-5-12-6(9)7(2,3)8-13(4,10)11/h8H,5H2,1-4H3. The van der Waals surface area contributed by atoms with Gasteiger partial charge >= 0.3 is 5.97 Å². The number of carbonyl (C=O) groups excluding carboxylic acids is 1. The van der Waals surface area contributed by atoms with Crippen LogP contribution in [0.1, 0.15) is 20.8 Å². The molecule has 0 aromatic heterocycles. The van der Waals surface area contributed by atoms with Crippen LogP contribution in [0.3, 0.4) is 0 Å². The topological polar surface area (TPSA) is 72.5 Å². The highest BCUT2D eigenvalue weighted by Gasteiger charge is 2.31. The Hall–Kier alpha value is -0.620. The lowest BCUT2D eigenvalue weighted by atomic mass is 10.1. The second-order valence-electron chi connectivity index (χ2n) is 3.22. The third-order valence-corrected chi connectivity index (χ3v) is 2.11. The Morgan fingerprint density at radius 3 is 2.23 bits per heavy atom. The zero-order valence-electron chi connectivity index (χ0n) is 8.25. The first-order valence-electron chi connectivity index (χ1n) is 3.85. The van der Waals surface area contributed by atoms with Crippen LogP contribution in [0.5, 0.6) is 0 Å². The van der Waals surface area contributed by atoms with Gasteiger partial charge in [0, 0.05) is 0 Å². The van der Waals surface area contributed by atoms with Crippen LogP contribution >= 0.6 is 0 Å². The molecule has 6 heteroatoms. The van der Waals surface area contributed by atoms with Gasteiger partial charge in [-0.05, 0) is 20.8 Å². The van der Waals surface area contributed by atoms with E-state index in [1.54, 1.807) is 6.92 Å². The lowest BCUT2D eigenvalue weighted by Crippen LogP contribution is -2.50. The predicted octanol–water partition coefficient (Wildman–Crippen LogP) is -0.123. The van der Waals surface area contributed by atoms with E-state index in [9.17, 15) is 13.2 Å². The molecular weight excluding hydrogens is 194 g/mol. The Bertz CT molecular complexity index is 281. The summed E-state index contributed by atoms with van der Waals surface area (Å²) in [5, 5.41) is 0. The van der Waals surface area contributed by atoms with Crippen molar-refractivity contribution >= 4 is 16.0 Å². The molecule has 0 heterocycles. The van der Waals surface area contributed by atoms with Crippen molar-refractivity contribution in [2.45, 2.75) is 26.3 Å². The highest BCUT2D eigenvalue weighted by Crippen LogP contribution is 2.06. The molecule has 0 amide bonds. The molecule has 0 aliphatic heterocycles. The first-order valence-corrected chi connectivity index (χ1v) is 5.74. The molecule has 0 aromatic rings. The van der Waals surface area contributed by atoms with Crippen molar-refractivity contribution in [3.8, 4) is 0 Å². The van der Waals surface area contributed by atoms with Gasteiger partial charge in [0.15, 0.2) is 0 Å². The van der Waals surface area contributed by atoms with E-state index in [4.69, 9.17) is 0 Å². The molecule has 0 bridgehead atoms. The van der Waals surface area contributed by atoms with E-state index in [1.165, 1.54) is 13.8 Å². The minimum atomic E-state index is -3.40. The minimum Gasteiger partial charge on any atom is -0.465 e. The average molecular weight is 209 g/mol. The maximum absolute atomic E-state index is 11.2. The second kappa shape index (κ2) is 4.06. The average Bonchev–Trinajstić information content (AvgIpc) is 1.82. The summed E-state index contributed by atoms with van der Waals surface area (Å²) in [5.74, 6) is -0.583. The molecule has 0 aliphatic rings. The Morgan fingerprint density at radius 2 is 1.92 bits per heavy atom. The molecule has 13 heavy (non-hydrogen) atoms. The maximum Gasteiger partial charge on any atom is 0.326 e. The molecule has 0 unspecified atom stereocenters. The Kier molecular flexibility index (Phi) is 3.87. The molecule has 1 N–H and O–H groups in total. The highest BCUT2D eigenvalue weighted by atomic mass is 32.2. The van der Waals surface area contributed by atoms with E-state index in [1.807, 2.05) is 0 Å². The maximum atomic E-state index is 11.2. The number of ether oxygens (including phenoxy) is 1. The van der Waals surface area contributed by atoms with Crippen LogP contribution in [0.4, 0.5) is 0 Å². The minimum absolute atomic E-state index is 0.230. The largest absolute Gasteiger partial charge is 0.465 e. The van der Waals surface area contributed by atoms with Gasteiger partial charge in [0.1, 0.15) is 5.54 Å². The molecule has 5 nitrogen and oxygen atoms in total. The summed E-state index contributed by atoms with van der Waals surface area (Å²) in [6.07, 6.45) is 0.994. The van der Waals surface area contributed by atoms with Crippen LogP contribution in [0.15, 0.2) is 0 Å². The van der Waals surface area contributed by atoms with Crippen molar-refractivity contribution in [1.29, 1.82) is 0 Å². The van der Waals surface area contributed by atoms with E-state index >= 15 is 0 Å². The molecule has 0 fully saturated rings. The molecule has 0 aromatic carbocycles. The van der Waals surface area contributed by atoms with E-state index in [0.717, 1.165) is 6.26 Å². The number of carbonyl (C=O) groups is 1. The van der Waals surface area contributed by atoms with Crippen LogP contribution in [0.25, 0.3) is 0 Å². The van der Waals surface area contributed by atoms with Gasteiger partial charge in [-0.25, -0.2) is 8.42 Å². The summed E-state index contributed by atoms with van der Waals surface area (Å²) in [6.45, 7) is 4.79. The summed E-state index contributed by atoms with van der Waals surface area (Å²) in [5.41, 5.74) is -1.20. The number of nitrogens with one attached hydrogen (secondary N) is 1. The molecule has 0 rings (SSSR count). The smallest absolute Gasteiger partial charge is 0.326 e. The number of hydrogen-bond donors (Lipinski definition) is 1. The number of esters is 1. The van der Waals surface area contributed by atoms with E-state index in [-0.39, 0.29) is 6.61 Å². The van der Waals surface area contributed by atoms with Gasteiger partial charge in [0.2, 0.25) is 10.0 Å². The lowest BCUT2D eigenvalue weighted by molar-refractivity contribution is -0.148. The van der Waals surface area contributed by atoms with Gasteiger partial charge in [-0.3, -0.25) is 4.79 Å². The normalized spacial score (nSPS) is 12.6. The van der Waals surface area contributed by atoms with Crippen molar-refractivity contribution in [1.82, 2.24) is 4.72 Å². The SMILES string of the molecule is CCOC(=O)C(C)(C)NS(C)(=O)=O. The Morgan fingerprint density at radius 1 is 1.46 bits per heavy atom. The van der Waals surface area contributed by atoms with Crippen molar-refractivity contribution in [3.05, 3.63) is 0 Å². The number of sulfonamides is 1. The molecule has 0 saturated carbocycles. The third-order valence-electron chi connectivity index (χ3n) is 1.23. The number of hydrogen-bond acceptors (Lipinski definition) is 4. The monoisotopic (exact) mass is 209 g/mol. The van der Waals surface area contributed by atoms with Crippen LogP contribution in [0.2, 0.25) is 0 Å². The van der Waals surface area contributed by atoms with Crippen LogP contribution in [0, 0.1) is 0 Å². The summed E-state index contributed by atoms with van der Waals surface area (Å²) in [7, 11) is -3.40. The quantitative estimate of drug-likeness (QED) is 0.655. The third kappa shape index (κ3) is 4.84. The van der Waals surface area contributed by atoms with E-state index in [0.29, 0.717) is 0 Å². The fourth-order valence-corrected chi connectivity index (χ4v) is 1.83. The first kappa shape index (κ1) is 12.4. The Balaban J connectivity index is 4.49. The lowest BCUT2D eigenvalue weighted by Gasteiger charge is -2.22. The molecule has 78 valence electrons. The first-order chi connectivity index (χ1) is 5.69. The molecule has 0 atom stereocenters.